The van der Waals surface area contributed by atoms with Crippen molar-refractivity contribution in [3.8, 4) is 23.7 Å². The first-order valence-electron chi connectivity index (χ1n) is 8.01. The van der Waals surface area contributed by atoms with Crippen LogP contribution in [0.4, 0.5) is 0 Å². The van der Waals surface area contributed by atoms with E-state index in [0.29, 0.717) is 0 Å². The third-order valence-electron chi connectivity index (χ3n) is 3.48. The summed E-state index contributed by atoms with van der Waals surface area (Å²) in [6.45, 7) is 4.71. The van der Waals surface area contributed by atoms with Gasteiger partial charge in [0.15, 0.2) is 12.4 Å². The van der Waals surface area contributed by atoms with E-state index in [1.54, 1.807) is 19.1 Å². The van der Waals surface area contributed by atoms with Crippen LogP contribution in [0, 0.1) is 23.7 Å². The average molecular weight is 364 g/mol. The molecule has 7 heteroatoms. The first-order chi connectivity index (χ1) is 12.5. The van der Waals surface area contributed by atoms with Crippen molar-refractivity contribution in [2.45, 2.75) is 49.8 Å². The van der Waals surface area contributed by atoms with Crippen LogP contribution in [0.5, 0.6) is 0 Å². The first kappa shape index (κ1) is 22.1. The van der Waals surface area contributed by atoms with Crippen molar-refractivity contribution in [3.05, 3.63) is 37.0 Å². The Bertz CT molecular complexity index is 617. The Balaban J connectivity index is 2.97. The van der Waals surface area contributed by atoms with Crippen LogP contribution in [-0.2, 0) is 9.47 Å². The highest BCUT2D eigenvalue weighted by atomic mass is 16.7. The van der Waals surface area contributed by atoms with Gasteiger partial charge >= 0.3 is 0 Å². The normalized spacial score (nSPS) is 30.9. The van der Waals surface area contributed by atoms with Gasteiger partial charge in [0.25, 0.3) is 0 Å². The number of hydrogen-bond acceptors (Lipinski definition) is 7. The molecule has 0 saturated carbocycles. The van der Waals surface area contributed by atoms with Crippen molar-refractivity contribution in [3.63, 3.8) is 0 Å². The van der Waals surface area contributed by atoms with Gasteiger partial charge in [0.2, 0.25) is 0 Å². The molecule has 0 spiro atoms. The molecule has 0 aromatic carbocycles. The van der Waals surface area contributed by atoms with Crippen LogP contribution in [0.1, 0.15) is 6.92 Å². The summed E-state index contributed by atoms with van der Waals surface area (Å²) in [7, 11) is 0. The van der Waals surface area contributed by atoms with Gasteiger partial charge in [0, 0.05) is 0 Å². The van der Waals surface area contributed by atoms with E-state index >= 15 is 0 Å². The van der Waals surface area contributed by atoms with E-state index in [1.165, 1.54) is 18.2 Å². The Kier molecular flexibility index (Phi) is 9.89. The number of rotatable bonds is 6. The van der Waals surface area contributed by atoms with Crippen molar-refractivity contribution in [2.75, 3.05) is 6.61 Å². The fourth-order valence-electron chi connectivity index (χ4n) is 2.09. The monoisotopic (exact) mass is 364 g/mol. The van der Waals surface area contributed by atoms with Gasteiger partial charge in [-0.15, -0.1) is 0 Å². The molecule has 1 saturated heterocycles. The van der Waals surface area contributed by atoms with Gasteiger partial charge < -0.3 is 35.0 Å². The van der Waals surface area contributed by atoms with Crippen molar-refractivity contribution in [1.29, 1.82) is 0 Å². The third-order valence-corrected chi connectivity index (χ3v) is 3.48. The number of ether oxygens (including phenoxy) is 2. The standard InChI is InChI=1S/C19H24O7/c1-3-5-7-8-9-11-14(13(21)10-6-4-2)25-19-18(24)17(23)16(22)15(12-20)26-19/h3-6,10,13-24H,2,12H2,1H3/b5-3+,10-6-. The summed E-state index contributed by atoms with van der Waals surface area (Å²) < 4.78 is 10.7. The van der Waals surface area contributed by atoms with E-state index in [0.717, 1.165) is 0 Å². The second-order valence-electron chi connectivity index (χ2n) is 5.40. The van der Waals surface area contributed by atoms with E-state index in [2.05, 4.69) is 30.3 Å². The average Bonchev–Trinajstić information content (AvgIpc) is 2.64. The lowest BCUT2D eigenvalue weighted by Crippen LogP contribution is -2.60. The molecule has 7 atom stereocenters. The molecule has 0 amide bonds. The highest BCUT2D eigenvalue weighted by Gasteiger charge is 2.45. The fourth-order valence-corrected chi connectivity index (χ4v) is 2.09. The van der Waals surface area contributed by atoms with Gasteiger partial charge in [-0.3, -0.25) is 0 Å². The molecule has 26 heavy (non-hydrogen) atoms. The zero-order valence-electron chi connectivity index (χ0n) is 14.4. The fraction of sp³-hybridized carbons (Fsp3) is 0.474. The largest absolute Gasteiger partial charge is 0.394 e. The lowest BCUT2D eigenvalue weighted by atomic mass is 9.99. The summed E-state index contributed by atoms with van der Waals surface area (Å²) in [6, 6.07) is 0. The summed E-state index contributed by atoms with van der Waals surface area (Å²) in [5.41, 5.74) is 0. The molecule has 0 aromatic heterocycles. The van der Waals surface area contributed by atoms with Crippen LogP contribution in [0.15, 0.2) is 37.0 Å². The van der Waals surface area contributed by atoms with E-state index in [9.17, 15) is 25.5 Å². The molecule has 1 aliphatic heterocycles. The maximum atomic E-state index is 10.2. The smallest absolute Gasteiger partial charge is 0.188 e. The molecule has 142 valence electrons. The molecule has 0 radical (unpaired) electrons. The summed E-state index contributed by atoms with van der Waals surface area (Å²) in [6.07, 6.45) is -1.93. The van der Waals surface area contributed by atoms with Crippen LogP contribution >= 0.6 is 0 Å². The number of hydrogen-bond donors (Lipinski definition) is 5. The zero-order valence-corrected chi connectivity index (χ0v) is 14.4. The zero-order chi connectivity index (χ0) is 19.5. The summed E-state index contributed by atoms with van der Waals surface area (Å²) >= 11 is 0. The summed E-state index contributed by atoms with van der Waals surface area (Å²) in [5.74, 6) is 10.3. The maximum absolute atomic E-state index is 10.2. The van der Waals surface area contributed by atoms with E-state index in [4.69, 9.17) is 9.47 Å². The molecule has 7 nitrogen and oxygen atoms in total. The highest BCUT2D eigenvalue weighted by Crippen LogP contribution is 2.23. The first-order valence-corrected chi connectivity index (χ1v) is 8.01. The lowest BCUT2D eigenvalue weighted by molar-refractivity contribution is -0.310. The van der Waals surface area contributed by atoms with Gasteiger partial charge in [-0.2, -0.15) is 0 Å². The van der Waals surface area contributed by atoms with Crippen LogP contribution < -0.4 is 0 Å². The molecule has 0 bridgehead atoms. The second-order valence-corrected chi connectivity index (χ2v) is 5.40. The van der Waals surface area contributed by atoms with E-state index < -0.39 is 49.5 Å². The van der Waals surface area contributed by atoms with Gasteiger partial charge in [-0.05, 0) is 24.8 Å². The van der Waals surface area contributed by atoms with Crippen LogP contribution in [0.25, 0.3) is 0 Å². The van der Waals surface area contributed by atoms with Crippen molar-refractivity contribution in [1.82, 2.24) is 0 Å². The summed E-state index contributed by atoms with van der Waals surface area (Å²) in [5, 5.41) is 49.0. The Labute approximate surface area is 152 Å². The Morgan fingerprint density at radius 2 is 1.92 bits per heavy atom. The van der Waals surface area contributed by atoms with E-state index in [-0.39, 0.29) is 0 Å². The SMILES string of the molecule is C=C/C=C\C(O)C(C#CC#C/C=C/C)OC1OC(CO)C(O)C(O)C1O. The molecule has 1 fully saturated rings. The molecule has 1 aliphatic rings. The number of allylic oxidation sites excluding steroid dienone is 4. The van der Waals surface area contributed by atoms with E-state index in [1.807, 2.05) is 0 Å². The predicted octanol–water partition coefficient (Wildman–Crippen LogP) is -1.14. The number of aliphatic hydroxyl groups is 5. The Morgan fingerprint density at radius 1 is 1.19 bits per heavy atom. The Morgan fingerprint density at radius 3 is 2.54 bits per heavy atom. The summed E-state index contributed by atoms with van der Waals surface area (Å²) in [4.78, 5) is 0. The predicted molar refractivity (Wildman–Crippen MR) is 94.4 cm³/mol. The minimum absolute atomic E-state index is 0.588. The molecule has 0 aliphatic carbocycles. The molecule has 0 aromatic rings. The minimum atomic E-state index is -1.60. The van der Waals surface area contributed by atoms with Crippen molar-refractivity contribution >= 4 is 0 Å². The molecule has 5 N–H and O–H groups in total. The second kappa shape index (κ2) is 11.6. The van der Waals surface area contributed by atoms with Crippen molar-refractivity contribution < 1.29 is 35.0 Å². The molecular formula is C19H24O7. The van der Waals surface area contributed by atoms with Crippen LogP contribution in [-0.4, -0.2) is 75.1 Å². The van der Waals surface area contributed by atoms with Crippen LogP contribution in [0.3, 0.4) is 0 Å². The third kappa shape index (κ3) is 6.41. The van der Waals surface area contributed by atoms with Gasteiger partial charge in [0.1, 0.15) is 30.5 Å². The molecule has 1 rings (SSSR count). The minimum Gasteiger partial charge on any atom is -0.394 e. The van der Waals surface area contributed by atoms with Gasteiger partial charge in [-0.25, -0.2) is 0 Å². The molecule has 1 heterocycles. The van der Waals surface area contributed by atoms with Gasteiger partial charge in [-0.1, -0.05) is 42.7 Å². The maximum Gasteiger partial charge on any atom is 0.188 e. The number of aliphatic hydroxyl groups excluding tert-OH is 5. The quantitative estimate of drug-likeness (QED) is 0.298. The van der Waals surface area contributed by atoms with Crippen LogP contribution in [0.2, 0.25) is 0 Å². The lowest BCUT2D eigenvalue weighted by Gasteiger charge is -2.40. The van der Waals surface area contributed by atoms with Crippen molar-refractivity contribution in [2.24, 2.45) is 0 Å². The topological polar surface area (TPSA) is 120 Å². The van der Waals surface area contributed by atoms with Gasteiger partial charge in [0.05, 0.1) is 6.61 Å². The highest BCUT2D eigenvalue weighted by molar-refractivity contribution is 5.32. The molecular weight excluding hydrogens is 340 g/mol. The Hall–Kier alpha value is -1.94. The molecule has 7 unspecified atom stereocenters.